The number of carbonyl (C=O) groups excluding carboxylic acids is 1. The molecule has 6 heteroatoms. The number of rotatable bonds is 6. The minimum Gasteiger partial charge on any atom is -0.466 e. The van der Waals surface area contributed by atoms with E-state index < -0.39 is 5.97 Å². The van der Waals surface area contributed by atoms with Crippen molar-refractivity contribution >= 4 is 5.97 Å². The maximum atomic E-state index is 12.0. The Morgan fingerprint density at radius 2 is 1.76 bits per heavy atom. The Kier molecular flexibility index (Phi) is 4.99. The maximum absolute atomic E-state index is 12.0. The summed E-state index contributed by atoms with van der Waals surface area (Å²) in [5.74, 6) is -0.209. The number of esters is 1. The van der Waals surface area contributed by atoms with Crippen molar-refractivity contribution in [3.63, 3.8) is 0 Å². The monoisotopic (exact) mass is 334 g/mol. The molecule has 0 spiro atoms. The molecule has 0 fully saturated rings. The first-order valence-corrected chi connectivity index (χ1v) is 7.84. The van der Waals surface area contributed by atoms with Crippen molar-refractivity contribution in [2.45, 2.75) is 12.5 Å². The molecule has 1 heterocycles. The Hall–Kier alpha value is -3.28. The summed E-state index contributed by atoms with van der Waals surface area (Å²) in [5, 5.41) is 12.6. The molecule has 2 aromatic carbocycles. The fraction of sp³-hybridized carbons (Fsp3) is 0.158. The first-order valence-electron chi connectivity index (χ1n) is 7.84. The molecule has 25 heavy (non-hydrogen) atoms. The largest absolute Gasteiger partial charge is 0.466 e. The molecule has 0 aliphatic carbocycles. The highest BCUT2D eigenvalue weighted by Crippen LogP contribution is 2.26. The lowest BCUT2D eigenvalue weighted by Crippen LogP contribution is -2.19. The van der Waals surface area contributed by atoms with E-state index in [4.69, 9.17) is 4.74 Å². The number of methoxy groups -OCH3 is 1. The highest BCUT2D eigenvalue weighted by Gasteiger charge is 2.23. The second kappa shape index (κ2) is 7.53. The zero-order valence-corrected chi connectivity index (χ0v) is 13.9. The Morgan fingerprint density at radius 1 is 1.12 bits per heavy atom. The summed E-state index contributed by atoms with van der Waals surface area (Å²) < 4.78 is 4.82. The topological polar surface area (TPSA) is 69.9 Å². The van der Waals surface area contributed by atoms with Crippen LogP contribution in [-0.4, -0.2) is 33.3 Å². The molecule has 0 saturated heterocycles. The van der Waals surface area contributed by atoms with Gasteiger partial charge in [0.25, 0.3) is 0 Å². The molecule has 126 valence electrons. The quantitative estimate of drug-likeness (QED) is 0.512. The van der Waals surface area contributed by atoms with E-state index in [1.54, 1.807) is 0 Å². The predicted molar refractivity (Wildman–Crippen MR) is 93.6 cm³/mol. The molecule has 0 aliphatic rings. The van der Waals surface area contributed by atoms with Gasteiger partial charge in [0.05, 0.1) is 13.7 Å². The highest BCUT2D eigenvalue weighted by molar-refractivity contribution is 5.89. The lowest BCUT2D eigenvalue weighted by Gasteiger charge is -2.17. The minimum absolute atomic E-state index is 0.300. The first kappa shape index (κ1) is 16.6. The van der Waals surface area contributed by atoms with Gasteiger partial charge in [-0.3, -0.25) is 0 Å². The van der Waals surface area contributed by atoms with Crippen molar-refractivity contribution in [1.29, 1.82) is 0 Å². The predicted octanol–water partition coefficient (Wildman–Crippen LogP) is 2.85. The van der Waals surface area contributed by atoms with E-state index in [9.17, 15) is 4.79 Å². The van der Waals surface area contributed by atoms with Crippen LogP contribution < -0.4 is 0 Å². The van der Waals surface area contributed by atoms with E-state index in [1.165, 1.54) is 11.9 Å². The Labute approximate surface area is 145 Å². The van der Waals surface area contributed by atoms with E-state index in [-0.39, 0.29) is 5.92 Å². The van der Waals surface area contributed by atoms with Crippen LogP contribution in [0.1, 0.15) is 11.5 Å². The van der Waals surface area contributed by atoms with Crippen molar-refractivity contribution in [3.05, 3.63) is 78.4 Å². The van der Waals surface area contributed by atoms with Gasteiger partial charge in [-0.1, -0.05) is 67.2 Å². The third kappa shape index (κ3) is 3.80. The van der Waals surface area contributed by atoms with Crippen molar-refractivity contribution in [2.24, 2.45) is 0 Å². The second-order valence-electron chi connectivity index (χ2n) is 5.51. The lowest BCUT2D eigenvalue weighted by molar-refractivity contribution is -0.136. The molecule has 3 aromatic rings. The van der Waals surface area contributed by atoms with Gasteiger partial charge >= 0.3 is 5.97 Å². The second-order valence-corrected chi connectivity index (χ2v) is 5.51. The SMILES string of the molecule is C=C(C(=O)OC)[C@@H](Cn1nnc(-c2ccccc2)n1)c1ccccc1. The number of carbonyl (C=O) groups is 1. The number of nitrogens with zero attached hydrogens (tertiary/aromatic N) is 4. The molecule has 0 radical (unpaired) electrons. The van der Waals surface area contributed by atoms with Crippen LogP contribution in [0.4, 0.5) is 0 Å². The van der Waals surface area contributed by atoms with Crippen LogP contribution in [0.3, 0.4) is 0 Å². The molecule has 6 nitrogen and oxygen atoms in total. The van der Waals surface area contributed by atoms with Crippen LogP contribution >= 0.6 is 0 Å². The Morgan fingerprint density at radius 3 is 2.40 bits per heavy atom. The lowest BCUT2D eigenvalue weighted by atomic mass is 9.92. The summed E-state index contributed by atoms with van der Waals surface area (Å²) in [7, 11) is 1.34. The molecule has 0 N–H and O–H groups in total. The van der Waals surface area contributed by atoms with Crippen LogP contribution in [0.15, 0.2) is 72.8 Å². The van der Waals surface area contributed by atoms with E-state index in [1.807, 2.05) is 60.7 Å². The first-order chi connectivity index (χ1) is 12.2. The van der Waals surface area contributed by atoms with Gasteiger partial charge in [0.1, 0.15) is 0 Å². The van der Waals surface area contributed by atoms with Crippen molar-refractivity contribution in [1.82, 2.24) is 20.2 Å². The number of hydrogen-bond acceptors (Lipinski definition) is 5. The summed E-state index contributed by atoms with van der Waals surface area (Å²) >= 11 is 0. The molecular weight excluding hydrogens is 316 g/mol. The molecule has 0 saturated carbocycles. The summed E-state index contributed by atoms with van der Waals surface area (Å²) in [6.07, 6.45) is 0. The summed E-state index contributed by atoms with van der Waals surface area (Å²) in [6.45, 7) is 4.24. The average molecular weight is 334 g/mol. The number of hydrogen-bond donors (Lipinski definition) is 0. The molecule has 1 atom stereocenters. The van der Waals surface area contributed by atoms with Crippen LogP contribution in [0.5, 0.6) is 0 Å². The van der Waals surface area contributed by atoms with Gasteiger partial charge in [-0.15, -0.1) is 10.2 Å². The van der Waals surface area contributed by atoms with Gasteiger partial charge in [-0.05, 0) is 10.8 Å². The molecule has 0 unspecified atom stereocenters. The molecular formula is C19H18N4O2. The number of aromatic nitrogens is 4. The number of benzene rings is 2. The zero-order valence-electron chi connectivity index (χ0n) is 13.9. The third-order valence-electron chi connectivity index (χ3n) is 3.90. The minimum atomic E-state index is -0.447. The molecule has 0 aliphatic heterocycles. The maximum Gasteiger partial charge on any atom is 0.333 e. The average Bonchev–Trinajstić information content (AvgIpc) is 3.15. The van der Waals surface area contributed by atoms with Crippen LogP contribution in [-0.2, 0) is 16.1 Å². The fourth-order valence-electron chi connectivity index (χ4n) is 2.56. The summed E-state index contributed by atoms with van der Waals surface area (Å²) in [4.78, 5) is 13.4. The Bertz CT molecular complexity index is 859. The molecule has 0 bridgehead atoms. The third-order valence-corrected chi connectivity index (χ3v) is 3.90. The van der Waals surface area contributed by atoms with Crippen LogP contribution in [0.2, 0.25) is 0 Å². The highest BCUT2D eigenvalue weighted by atomic mass is 16.5. The fourth-order valence-corrected chi connectivity index (χ4v) is 2.56. The van der Waals surface area contributed by atoms with E-state index in [2.05, 4.69) is 22.0 Å². The van der Waals surface area contributed by atoms with E-state index in [0.29, 0.717) is 17.9 Å². The summed E-state index contributed by atoms with van der Waals surface area (Å²) in [6, 6.07) is 19.2. The zero-order chi connectivity index (χ0) is 17.6. The van der Waals surface area contributed by atoms with Gasteiger partial charge < -0.3 is 4.74 Å². The van der Waals surface area contributed by atoms with Gasteiger partial charge in [0.2, 0.25) is 5.82 Å². The molecule has 0 amide bonds. The van der Waals surface area contributed by atoms with Crippen LogP contribution in [0.25, 0.3) is 11.4 Å². The summed E-state index contributed by atoms with van der Waals surface area (Å²) in [5.41, 5.74) is 2.18. The molecule has 3 rings (SSSR count). The van der Waals surface area contributed by atoms with Crippen molar-refractivity contribution < 1.29 is 9.53 Å². The van der Waals surface area contributed by atoms with Gasteiger partial charge in [0, 0.05) is 17.1 Å². The van der Waals surface area contributed by atoms with Crippen molar-refractivity contribution in [3.8, 4) is 11.4 Å². The number of ether oxygens (including phenoxy) is 1. The van der Waals surface area contributed by atoms with E-state index >= 15 is 0 Å². The standard InChI is InChI=1S/C19H18N4O2/c1-14(19(24)25-2)17(15-9-5-3-6-10-15)13-23-21-18(20-22-23)16-11-7-4-8-12-16/h3-12,17H,1,13H2,2H3/t17-/m1/s1. The smallest absolute Gasteiger partial charge is 0.333 e. The van der Waals surface area contributed by atoms with Gasteiger partial charge in [-0.25, -0.2) is 4.79 Å². The number of tetrazole rings is 1. The van der Waals surface area contributed by atoms with Crippen LogP contribution in [0, 0.1) is 0 Å². The molecule has 1 aromatic heterocycles. The normalized spacial score (nSPS) is 11.7. The van der Waals surface area contributed by atoms with E-state index in [0.717, 1.165) is 11.1 Å². The van der Waals surface area contributed by atoms with Gasteiger partial charge in [-0.2, -0.15) is 4.80 Å². The Balaban J connectivity index is 1.87. The van der Waals surface area contributed by atoms with Gasteiger partial charge in [0.15, 0.2) is 0 Å². The van der Waals surface area contributed by atoms with Crippen molar-refractivity contribution in [2.75, 3.05) is 7.11 Å².